The second kappa shape index (κ2) is 6.60. The smallest absolute Gasteiger partial charge is 0.242 e. The second-order valence-electron chi connectivity index (χ2n) is 5.10. The summed E-state index contributed by atoms with van der Waals surface area (Å²) in [4.78, 5) is 4.26. The first-order valence-corrected chi connectivity index (χ1v) is 8.64. The van der Waals surface area contributed by atoms with Crippen LogP contribution in [0.15, 0.2) is 23.2 Å². The summed E-state index contributed by atoms with van der Waals surface area (Å²) < 4.78 is 26.9. The molecule has 0 aromatic carbocycles. The summed E-state index contributed by atoms with van der Waals surface area (Å²) in [6.45, 7) is 0.499. The summed E-state index contributed by atoms with van der Waals surface area (Å²) in [5.41, 5.74) is 5.86. The van der Waals surface area contributed by atoms with E-state index in [0.717, 1.165) is 12.8 Å². The van der Waals surface area contributed by atoms with Crippen molar-refractivity contribution in [2.45, 2.75) is 37.0 Å². The fourth-order valence-corrected chi connectivity index (χ4v) is 3.57. The van der Waals surface area contributed by atoms with Crippen LogP contribution in [0.3, 0.4) is 0 Å². The number of thiocarbonyl (C=S) groups is 1. The summed E-state index contributed by atoms with van der Waals surface area (Å²) in [5, 5.41) is 0. The molecule has 1 aromatic rings. The van der Waals surface area contributed by atoms with Gasteiger partial charge in [0, 0.05) is 12.7 Å². The largest absolute Gasteiger partial charge is 0.388 e. The van der Waals surface area contributed by atoms with Crippen molar-refractivity contribution in [3.63, 3.8) is 0 Å². The van der Waals surface area contributed by atoms with E-state index in [2.05, 4.69) is 9.71 Å². The highest BCUT2D eigenvalue weighted by molar-refractivity contribution is 7.89. The van der Waals surface area contributed by atoms with Crippen molar-refractivity contribution in [2.75, 3.05) is 6.54 Å². The Morgan fingerprint density at radius 1 is 1.35 bits per heavy atom. The van der Waals surface area contributed by atoms with Gasteiger partial charge in [-0.2, -0.15) is 0 Å². The zero-order valence-corrected chi connectivity index (χ0v) is 12.8. The van der Waals surface area contributed by atoms with Gasteiger partial charge in [-0.15, -0.1) is 0 Å². The Morgan fingerprint density at radius 2 is 2.05 bits per heavy atom. The molecule has 0 atom stereocenters. The summed E-state index contributed by atoms with van der Waals surface area (Å²) in [7, 11) is -3.50. The molecule has 20 heavy (non-hydrogen) atoms. The van der Waals surface area contributed by atoms with Gasteiger partial charge in [0.2, 0.25) is 10.0 Å². The third-order valence-corrected chi connectivity index (χ3v) is 5.20. The first kappa shape index (κ1) is 15.3. The van der Waals surface area contributed by atoms with E-state index >= 15 is 0 Å². The predicted molar refractivity (Wildman–Crippen MR) is 81.9 cm³/mol. The monoisotopic (exact) mass is 313 g/mol. The molecule has 1 aliphatic rings. The van der Waals surface area contributed by atoms with Crippen molar-refractivity contribution in [2.24, 2.45) is 11.7 Å². The van der Waals surface area contributed by atoms with Crippen molar-refractivity contribution >= 4 is 27.2 Å². The fraction of sp³-hybridized carbons (Fsp3) is 0.538. The molecule has 0 amide bonds. The normalized spacial score (nSPS) is 17.0. The van der Waals surface area contributed by atoms with Crippen LogP contribution in [-0.2, 0) is 10.0 Å². The van der Waals surface area contributed by atoms with E-state index in [0.29, 0.717) is 18.2 Å². The van der Waals surface area contributed by atoms with Crippen molar-refractivity contribution in [1.82, 2.24) is 9.71 Å². The van der Waals surface area contributed by atoms with E-state index in [-0.39, 0.29) is 9.88 Å². The fourth-order valence-electron chi connectivity index (χ4n) is 2.39. The van der Waals surface area contributed by atoms with Crippen LogP contribution in [0.1, 0.15) is 37.8 Å². The molecule has 0 spiro atoms. The summed E-state index contributed by atoms with van der Waals surface area (Å²) in [5.74, 6) is 0.447. The number of hydrogen-bond acceptors (Lipinski definition) is 4. The average molecular weight is 313 g/mol. The number of nitrogens with one attached hydrogen (secondary N) is 1. The van der Waals surface area contributed by atoms with Gasteiger partial charge in [0.15, 0.2) is 0 Å². The van der Waals surface area contributed by atoms with E-state index in [1.54, 1.807) is 0 Å². The molecule has 0 radical (unpaired) electrons. The van der Waals surface area contributed by atoms with E-state index in [9.17, 15) is 8.42 Å². The predicted octanol–water partition coefficient (Wildman–Crippen LogP) is 1.57. The maximum absolute atomic E-state index is 12.1. The van der Waals surface area contributed by atoms with Crippen molar-refractivity contribution in [3.05, 3.63) is 24.0 Å². The highest BCUT2D eigenvalue weighted by atomic mass is 32.2. The Bertz CT molecular complexity index is 564. The van der Waals surface area contributed by atoms with Gasteiger partial charge in [-0.05, 0) is 30.9 Å². The van der Waals surface area contributed by atoms with Crippen LogP contribution in [0.2, 0.25) is 0 Å². The maximum atomic E-state index is 12.1. The Labute approximate surface area is 125 Å². The lowest BCUT2D eigenvalue weighted by molar-refractivity contribution is 0.357. The average Bonchev–Trinajstić information content (AvgIpc) is 2.46. The lowest BCUT2D eigenvalue weighted by Gasteiger charge is -2.21. The molecule has 0 aliphatic heterocycles. The quantitative estimate of drug-likeness (QED) is 0.806. The number of aromatic nitrogens is 1. The highest BCUT2D eigenvalue weighted by Crippen LogP contribution is 2.23. The van der Waals surface area contributed by atoms with Crippen molar-refractivity contribution < 1.29 is 8.42 Å². The van der Waals surface area contributed by atoms with E-state index in [4.69, 9.17) is 18.0 Å². The second-order valence-corrected chi connectivity index (χ2v) is 7.31. The molecule has 0 saturated heterocycles. The molecule has 5 nitrogen and oxygen atoms in total. The minimum atomic E-state index is -3.50. The minimum Gasteiger partial charge on any atom is -0.388 e. The van der Waals surface area contributed by atoms with E-state index < -0.39 is 10.0 Å². The standard InChI is InChI=1S/C13H19N3O2S2/c14-13(19)12-7-6-11(9-15-12)20(17,18)16-8-10-4-2-1-3-5-10/h6-7,9-10,16H,1-5,8H2,(H2,14,19). The molecular formula is C13H19N3O2S2. The molecule has 1 aromatic heterocycles. The molecule has 7 heteroatoms. The summed E-state index contributed by atoms with van der Waals surface area (Å²) in [6, 6.07) is 3.00. The Balaban J connectivity index is 2.00. The number of rotatable bonds is 5. The molecule has 0 unspecified atom stereocenters. The van der Waals surface area contributed by atoms with Crippen molar-refractivity contribution in [1.29, 1.82) is 0 Å². The molecule has 2 rings (SSSR count). The van der Waals surface area contributed by atoms with Gasteiger partial charge in [-0.1, -0.05) is 31.5 Å². The Kier molecular flexibility index (Phi) is 5.06. The van der Waals surface area contributed by atoms with Crippen LogP contribution >= 0.6 is 12.2 Å². The van der Waals surface area contributed by atoms with Crippen LogP contribution in [0.25, 0.3) is 0 Å². The first-order valence-electron chi connectivity index (χ1n) is 6.74. The van der Waals surface area contributed by atoms with Gasteiger partial charge in [-0.25, -0.2) is 13.1 Å². The van der Waals surface area contributed by atoms with Crippen LogP contribution in [0.4, 0.5) is 0 Å². The molecule has 110 valence electrons. The number of hydrogen-bond donors (Lipinski definition) is 2. The van der Waals surface area contributed by atoms with Crippen LogP contribution in [-0.4, -0.2) is 24.9 Å². The Morgan fingerprint density at radius 3 is 2.60 bits per heavy atom. The topological polar surface area (TPSA) is 85.1 Å². The van der Waals surface area contributed by atoms with Gasteiger partial charge < -0.3 is 5.73 Å². The zero-order chi connectivity index (χ0) is 14.6. The Hall–Kier alpha value is -1.05. The van der Waals surface area contributed by atoms with Gasteiger partial charge in [0.05, 0.1) is 5.69 Å². The van der Waals surface area contributed by atoms with Crippen molar-refractivity contribution in [3.8, 4) is 0 Å². The molecule has 1 fully saturated rings. The number of nitrogens with zero attached hydrogens (tertiary/aromatic N) is 1. The van der Waals surface area contributed by atoms with Crippen LogP contribution in [0, 0.1) is 5.92 Å². The molecular weight excluding hydrogens is 294 g/mol. The molecule has 1 heterocycles. The highest BCUT2D eigenvalue weighted by Gasteiger charge is 2.19. The van der Waals surface area contributed by atoms with Crippen LogP contribution < -0.4 is 10.5 Å². The summed E-state index contributed by atoms with van der Waals surface area (Å²) in [6.07, 6.45) is 7.13. The van der Waals surface area contributed by atoms with E-state index in [1.807, 2.05) is 0 Å². The van der Waals surface area contributed by atoms with Crippen LogP contribution in [0.5, 0.6) is 0 Å². The zero-order valence-electron chi connectivity index (χ0n) is 11.2. The van der Waals surface area contributed by atoms with E-state index in [1.165, 1.54) is 37.6 Å². The maximum Gasteiger partial charge on any atom is 0.242 e. The number of pyridine rings is 1. The number of sulfonamides is 1. The van der Waals surface area contributed by atoms with Gasteiger partial charge in [-0.3, -0.25) is 4.98 Å². The molecule has 1 saturated carbocycles. The first-order chi connectivity index (χ1) is 9.49. The summed E-state index contributed by atoms with van der Waals surface area (Å²) >= 11 is 4.79. The lowest BCUT2D eigenvalue weighted by Crippen LogP contribution is -2.30. The minimum absolute atomic E-state index is 0.147. The third kappa shape index (κ3) is 3.97. The molecule has 0 bridgehead atoms. The lowest BCUT2D eigenvalue weighted by atomic mass is 9.90. The SMILES string of the molecule is NC(=S)c1ccc(S(=O)(=O)NCC2CCCCC2)cn1. The van der Waals surface area contributed by atoms with Gasteiger partial charge in [0.25, 0.3) is 0 Å². The van der Waals surface area contributed by atoms with Gasteiger partial charge >= 0.3 is 0 Å². The molecule has 1 aliphatic carbocycles. The number of nitrogens with two attached hydrogens (primary N) is 1. The van der Waals surface area contributed by atoms with Gasteiger partial charge in [0.1, 0.15) is 9.88 Å². The molecule has 3 N–H and O–H groups in total. The third-order valence-electron chi connectivity index (χ3n) is 3.59.